The largest absolute Gasteiger partial charge is 0.487 e. The summed E-state index contributed by atoms with van der Waals surface area (Å²) in [5, 5.41) is 5.31. The van der Waals surface area contributed by atoms with Gasteiger partial charge in [0.15, 0.2) is 0 Å². The maximum Gasteiger partial charge on any atom is 0.323 e. The van der Waals surface area contributed by atoms with Gasteiger partial charge < -0.3 is 15.4 Å². The molecule has 8 heteroatoms. The van der Waals surface area contributed by atoms with Gasteiger partial charge >= 0.3 is 6.03 Å². The van der Waals surface area contributed by atoms with Gasteiger partial charge in [0.05, 0.1) is 5.69 Å². The molecule has 156 valence electrons. The van der Waals surface area contributed by atoms with Gasteiger partial charge in [-0.05, 0) is 55.0 Å². The van der Waals surface area contributed by atoms with Crippen molar-refractivity contribution in [2.75, 3.05) is 10.6 Å². The lowest BCUT2D eigenvalue weighted by Gasteiger charge is -2.10. The summed E-state index contributed by atoms with van der Waals surface area (Å²) in [5.74, 6) is 0.125. The number of ether oxygens (including phenoxy) is 1. The molecule has 7 nitrogen and oxygen atoms in total. The number of halogens is 1. The third-order valence-electron chi connectivity index (χ3n) is 4.44. The third kappa shape index (κ3) is 5.05. The van der Waals surface area contributed by atoms with E-state index in [4.69, 9.17) is 4.74 Å². The van der Waals surface area contributed by atoms with Gasteiger partial charge in [-0.25, -0.2) is 14.2 Å². The first-order valence-corrected chi connectivity index (χ1v) is 9.52. The van der Waals surface area contributed by atoms with Crippen molar-refractivity contribution in [3.63, 3.8) is 0 Å². The Morgan fingerprint density at radius 1 is 1.03 bits per heavy atom. The molecule has 0 bridgehead atoms. The first kappa shape index (κ1) is 20.1. The second-order valence-electron chi connectivity index (χ2n) is 6.92. The highest BCUT2D eigenvalue weighted by atomic mass is 19.1. The van der Waals surface area contributed by atoms with Crippen LogP contribution in [0, 0.1) is 12.7 Å². The Balaban J connectivity index is 1.41. The van der Waals surface area contributed by atoms with E-state index in [-0.39, 0.29) is 18.0 Å². The summed E-state index contributed by atoms with van der Waals surface area (Å²) < 4.78 is 20.2. The van der Waals surface area contributed by atoms with Gasteiger partial charge in [-0.1, -0.05) is 12.1 Å². The van der Waals surface area contributed by atoms with E-state index in [2.05, 4.69) is 15.6 Å². The molecule has 0 saturated carbocycles. The fourth-order valence-corrected chi connectivity index (χ4v) is 2.98. The average Bonchev–Trinajstić information content (AvgIpc) is 2.75. The van der Waals surface area contributed by atoms with E-state index in [0.29, 0.717) is 28.5 Å². The van der Waals surface area contributed by atoms with Crippen molar-refractivity contribution < 1.29 is 13.9 Å². The Morgan fingerprint density at radius 2 is 1.81 bits per heavy atom. The summed E-state index contributed by atoms with van der Waals surface area (Å²) in [6.07, 6.45) is 1.74. The predicted octanol–water partition coefficient (Wildman–Crippen LogP) is 4.37. The molecule has 4 rings (SSSR count). The standard InChI is InChI=1S/C23H19FN4O3/c1-15-5-10-21-25-19(12-22(29)28(21)13-15)14-31-20-4-2-3-18(11-20)27-23(30)26-17-8-6-16(24)7-9-17/h2-13H,14H2,1H3,(H2,26,27,30). The smallest absolute Gasteiger partial charge is 0.323 e. The number of pyridine rings is 1. The normalized spacial score (nSPS) is 10.6. The number of rotatable bonds is 5. The molecule has 2 amide bonds. The maximum atomic E-state index is 13.0. The van der Waals surface area contributed by atoms with Crippen LogP contribution in [0.2, 0.25) is 0 Å². The van der Waals surface area contributed by atoms with Crippen LogP contribution in [0.5, 0.6) is 5.75 Å². The molecule has 0 radical (unpaired) electrons. The van der Waals surface area contributed by atoms with E-state index in [1.165, 1.54) is 34.7 Å². The summed E-state index contributed by atoms with van der Waals surface area (Å²) in [4.78, 5) is 28.9. The number of carbonyl (C=O) groups is 1. The fourth-order valence-electron chi connectivity index (χ4n) is 2.98. The van der Waals surface area contributed by atoms with Gasteiger partial charge in [0, 0.05) is 29.7 Å². The Hall–Kier alpha value is -4.20. The van der Waals surface area contributed by atoms with Crippen molar-refractivity contribution in [3.8, 4) is 5.75 Å². The number of hydrogen-bond donors (Lipinski definition) is 2. The summed E-state index contributed by atoms with van der Waals surface area (Å²) in [5.41, 5.74) is 2.81. The molecule has 0 aliphatic heterocycles. The van der Waals surface area contributed by atoms with Crippen LogP contribution in [0.1, 0.15) is 11.3 Å². The summed E-state index contributed by atoms with van der Waals surface area (Å²) in [6, 6.07) is 16.9. The van der Waals surface area contributed by atoms with Crippen LogP contribution in [0.25, 0.3) is 5.65 Å². The molecule has 2 heterocycles. The minimum atomic E-state index is -0.469. The number of carbonyl (C=O) groups excluding carboxylic acids is 1. The van der Waals surface area contributed by atoms with Gasteiger partial charge in [-0.2, -0.15) is 0 Å². The number of aromatic nitrogens is 2. The highest BCUT2D eigenvalue weighted by Gasteiger charge is 2.06. The molecular weight excluding hydrogens is 399 g/mol. The lowest BCUT2D eigenvalue weighted by atomic mass is 10.3. The van der Waals surface area contributed by atoms with Crippen molar-refractivity contribution >= 4 is 23.1 Å². The molecule has 0 aliphatic carbocycles. The number of benzene rings is 2. The molecule has 2 aromatic heterocycles. The van der Waals surface area contributed by atoms with Crippen LogP contribution in [0.15, 0.2) is 77.7 Å². The molecule has 0 saturated heterocycles. The number of aryl methyl sites for hydroxylation is 1. The highest BCUT2D eigenvalue weighted by molar-refractivity contribution is 5.99. The Kier molecular flexibility index (Phi) is 5.61. The number of urea groups is 1. The first-order valence-electron chi connectivity index (χ1n) is 9.52. The van der Waals surface area contributed by atoms with Crippen molar-refractivity contribution in [2.45, 2.75) is 13.5 Å². The Bertz CT molecular complexity index is 1300. The number of hydrogen-bond acceptors (Lipinski definition) is 4. The molecule has 0 unspecified atom stereocenters. The molecular formula is C23H19FN4O3. The van der Waals surface area contributed by atoms with Gasteiger partial charge in [-0.3, -0.25) is 9.20 Å². The van der Waals surface area contributed by atoms with Crippen molar-refractivity contribution in [1.82, 2.24) is 9.38 Å². The zero-order valence-corrected chi connectivity index (χ0v) is 16.6. The summed E-state index contributed by atoms with van der Waals surface area (Å²) >= 11 is 0. The fraction of sp³-hybridized carbons (Fsp3) is 0.0870. The Morgan fingerprint density at radius 3 is 2.61 bits per heavy atom. The molecule has 0 spiro atoms. The minimum absolute atomic E-state index is 0.102. The number of nitrogens with zero attached hydrogens (tertiary/aromatic N) is 2. The molecule has 31 heavy (non-hydrogen) atoms. The maximum absolute atomic E-state index is 13.0. The van der Waals surface area contributed by atoms with Crippen LogP contribution in [-0.4, -0.2) is 15.4 Å². The summed E-state index contributed by atoms with van der Waals surface area (Å²) in [6.45, 7) is 2.01. The van der Waals surface area contributed by atoms with E-state index in [1.807, 2.05) is 13.0 Å². The lowest BCUT2D eigenvalue weighted by Crippen LogP contribution is -2.19. The van der Waals surface area contributed by atoms with Crippen LogP contribution in [0.4, 0.5) is 20.6 Å². The van der Waals surface area contributed by atoms with Gasteiger partial charge in [0.2, 0.25) is 0 Å². The number of fused-ring (bicyclic) bond motifs is 1. The molecule has 0 atom stereocenters. The number of anilines is 2. The predicted molar refractivity (Wildman–Crippen MR) is 116 cm³/mol. The SMILES string of the molecule is Cc1ccc2nc(COc3cccc(NC(=O)Nc4ccc(F)cc4)c3)cc(=O)n2c1. The third-order valence-corrected chi connectivity index (χ3v) is 4.44. The van der Waals surface area contributed by atoms with Gasteiger partial charge in [0.1, 0.15) is 23.8 Å². The van der Waals surface area contributed by atoms with E-state index in [0.717, 1.165) is 5.56 Å². The monoisotopic (exact) mass is 418 g/mol. The van der Waals surface area contributed by atoms with E-state index >= 15 is 0 Å². The molecule has 0 aliphatic rings. The molecule has 0 fully saturated rings. The van der Waals surface area contributed by atoms with Crippen molar-refractivity contribution in [1.29, 1.82) is 0 Å². The molecule has 4 aromatic rings. The number of nitrogens with one attached hydrogen (secondary N) is 2. The van der Waals surface area contributed by atoms with Crippen LogP contribution >= 0.6 is 0 Å². The quantitative estimate of drug-likeness (QED) is 0.504. The molecule has 2 aromatic carbocycles. The summed E-state index contributed by atoms with van der Waals surface area (Å²) in [7, 11) is 0. The first-order chi connectivity index (χ1) is 15.0. The van der Waals surface area contributed by atoms with Crippen LogP contribution in [-0.2, 0) is 6.61 Å². The van der Waals surface area contributed by atoms with E-state index in [9.17, 15) is 14.0 Å². The second-order valence-corrected chi connectivity index (χ2v) is 6.92. The van der Waals surface area contributed by atoms with E-state index in [1.54, 1.807) is 36.5 Å². The van der Waals surface area contributed by atoms with Crippen LogP contribution in [0.3, 0.4) is 0 Å². The second kappa shape index (κ2) is 8.66. The average molecular weight is 418 g/mol. The van der Waals surface area contributed by atoms with Crippen molar-refractivity contribution in [3.05, 3.63) is 100 Å². The highest BCUT2D eigenvalue weighted by Crippen LogP contribution is 2.19. The zero-order chi connectivity index (χ0) is 21.8. The molecule has 2 N–H and O–H groups in total. The van der Waals surface area contributed by atoms with Gasteiger partial charge in [-0.15, -0.1) is 0 Å². The van der Waals surface area contributed by atoms with E-state index < -0.39 is 6.03 Å². The Labute approximate surface area is 177 Å². The van der Waals surface area contributed by atoms with Gasteiger partial charge in [0.25, 0.3) is 5.56 Å². The topological polar surface area (TPSA) is 84.7 Å². The van der Waals surface area contributed by atoms with Crippen molar-refractivity contribution in [2.24, 2.45) is 0 Å². The van der Waals surface area contributed by atoms with Crippen LogP contribution < -0.4 is 20.9 Å². The minimum Gasteiger partial charge on any atom is -0.487 e. The number of amides is 2. The zero-order valence-electron chi connectivity index (χ0n) is 16.6. The lowest BCUT2D eigenvalue weighted by molar-refractivity contribution is 0.262.